The number of carbonyl (C=O) groups excluding carboxylic acids is 1. The number of rotatable bonds is 4. The summed E-state index contributed by atoms with van der Waals surface area (Å²) in [5.41, 5.74) is -0.337. The van der Waals surface area contributed by atoms with Gasteiger partial charge in [0.1, 0.15) is 6.04 Å². The second-order valence-electron chi connectivity index (χ2n) is 5.66. The predicted molar refractivity (Wildman–Crippen MR) is 93.0 cm³/mol. The number of carbonyl (C=O) groups is 1. The number of aromatic nitrogens is 4. The van der Waals surface area contributed by atoms with E-state index >= 15 is 0 Å². The van der Waals surface area contributed by atoms with Crippen molar-refractivity contribution >= 4 is 23.2 Å². The van der Waals surface area contributed by atoms with Crippen molar-refractivity contribution in [3.05, 3.63) is 59.1 Å². The third kappa shape index (κ3) is 4.25. The first-order chi connectivity index (χ1) is 12.8. The molecule has 0 aliphatic heterocycles. The first-order valence-electron chi connectivity index (χ1n) is 7.78. The molecule has 0 fully saturated rings. The molecule has 10 heteroatoms. The lowest BCUT2D eigenvalue weighted by atomic mass is 10.2. The van der Waals surface area contributed by atoms with Gasteiger partial charge in [-0.2, -0.15) is 18.0 Å². The fraction of sp³-hybridized carbons (Fsp3) is 0.176. The lowest BCUT2D eigenvalue weighted by Gasteiger charge is -2.14. The second kappa shape index (κ2) is 7.36. The monoisotopic (exact) mass is 395 g/mol. The van der Waals surface area contributed by atoms with Gasteiger partial charge in [0.25, 0.3) is 5.91 Å². The number of anilines is 1. The van der Waals surface area contributed by atoms with Crippen LogP contribution in [-0.4, -0.2) is 26.1 Å². The van der Waals surface area contributed by atoms with E-state index in [2.05, 4.69) is 20.7 Å². The molecule has 1 heterocycles. The molecule has 0 saturated carbocycles. The Morgan fingerprint density at radius 3 is 2.56 bits per heavy atom. The van der Waals surface area contributed by atoms with E-state index in [9.17, 15) is 18.0 Å². The van der Waals surface area contributed by atoms with Crippen LogP contribution in [0, 0.1) is 0 Å². The highest BCUT2D eigenvalue weighted by Crippen LogP contribution is 2.36. The molecule has 0 aliphatic rings. The molecule has 0 bridgehead atoms. The molecule has 0 saturated heterocycles. The van der Waals surface area contributed by atoms with Gasteiger partial charge >= 0.3 is 6.18 Å². The van der Waals surface area contributed by atoms with Crippen LogP contribution in [0.1, 0.15) is 18.5 Å². The SMILES string of the molecule is C[C@@H](C(=O)Nc1ccc(Cl)c(C(F)(F)F)c1)n1nnc(-c2ccccc2)n1. The average Bonchev–Trinajstić information content (AvgIpc) is 3.12. The van der Waals surface area contributed by atoms with E-state index in [4.69, 9.17) is 11.6 Å². The molecule has 1 atom stereocenters. The zero-order chi connectivity index (χ0) is 19.6. The molecule has 1 amide bonds. The van der Waals surface area contributed by atoms with Gasteiger partial charge in [0.05, 0.1) is 10.6 Å². The van der Waals surface area contributed by atoms with Crippen LogP contribution in [0.25, 0.3) is 11.4 Å². The minimum Gasteiger partial charge on any atom is -0.324 e. The van der Waals surface area contributed by atoms with Crippen molar-refractivity contribution in [1.82, 2.24) is 20.2 Å². The summed E-state index contributed by atoms with van der Waals surface area (Å²) < 4.78 is 38.8. The maximum Gasteiger partial charge on any atom is 0.417 e. The molecule has 1 N–H and O–H groups in total. The third-order valence-electron chi connectivity index (χ3n) is 3.73. The summed E-state index contributed by atoms with van der Waals surface area (Å²) in [5, 5.41) is 13.8. The van der Waals surface area contributed by atoms with Crippen LogP contribution in [0.5, 0.6) is 0 Å². The van der Waals surface area contributed by atoms with E-state index in [1.165, 1.54) is 13.0 Å². The molecule has 140 valence electrons. The van der Waals surface area contributed by atoms with Gasteiger partial charge in [-0.1, -0.05) is 41.9 Å². The van der Waals surface area contributed by atoms with E-state index in [-0.39, 0.29) is 5.69 Å². The highest BCUT2D eigenvalue weighted by molar-refractivity contribution is 6.31. The Hall–Kier alpha value is -2.94. The molecule has 3 rings (SSSR count). The van der Waals surface area contributed by atoms with Crippen LogP contribution in [0.2, 0.25) is 5.02 Å². The summed E-state index contributed by atoms with van der Waals surface area (Å²) in [6.07, 6.45) is -4.62. The molecule has 0 spiro atoms. The molecule has 2 aromatic carbocycles. The number of halogens is 4. The van der Waals surface area contributed by atoms with Gasteiger partial charge in [0.2, 0.25) is 5.82 Å². The lowest BCUT2D eigenvalue weighted by molar-refractivity contribution is -0.137. The summed E-state index contributed by atoms with van der Waals surface area (Å²) in [4.78, 5) is 13.4. The number of amides is 1. The standard InChI is InChI=1S/C17H13ClF3N5O/c1-10(26-24-15(23-25-26)11-5-3-2-4-6-11)16(27)22-12-7-8-14(18)13(9-12)17(19,20)21/h2-10H,1H3,(H,22,27)/t10-/m0/s1. The van der Waals surface area contributed by atoms with Crippen molar-refractivity contribution in [3.63, 3.8) is 0 Å². The minimum absolute atomic E-state index is 0.0352. The van der Waals surface area contributed by atoms with Gasteiger partial charge < -0.3 is 5.32 Å². The normalized spacial score (nSPS) is 12.6. The van der Waals surface area contributed by atoms with Crippen molar-refractivity contribution in [3.8, 4) is 11.4 Å². The van der Waals surface area contributed by atoms with Crippen LogP contribution >= 0.6 is 11.6 Å². The smallest absolute Gasteiger partial charge is 0.324 e. The Labute approximate surface area is 157 Å². The van der Waals surface area contributed by atoms with Crippen LogP contribution in [0.15, 0.2) is 48.5 Å². The first kappa shape index (κ1) is 18.8. The largest absolute Gasteiger partial charge is 0.417 e. The summed E-state index contributed by atoms with van der Waals surface area (Å²) in [6, 6.07) is 11.3. The van der Waals surface area contributed by atoms with Gasteiger partial charge in [-0.25, -0.2) is 0 Å². The number of nitrogens with one attached hydrogen (secondary N) is 1. The molecule has 6 nitrogen and oxygen atoms in total. The second-order valence-corrected chi connectivity index (χ2v) is 6.06. The van der Waals surface area contributed by atoms with E-state index in [0.717, 1.165) is 22.5 Å². The van der Waals surface area contributed by atoms with Crippen molar-refractivity contribution in [1.29, 1.82) is 0 Å². The maximum absolute atomic E-state index is 12.9. The minimum atomic E-state index is -4.62. The Morgan fingerprint density at radius 1 is 1.19 bits per heavy atom. The van der Waals surface area contributed by atoms with Crippen LogP contribution in [0.3, 0.4) is 0 Å². The van der Waals surface area contributed by atoms with Gasteiger partial charge in [-0.05, 0) is 30.3 Å². The molecule has 0 radical (unpaired) electrons. The van der Waals surface area contributed by atoms with E-state index in [1.54, 1.807) is 12.1 Å². The predicted octanol–water partition coefficient (Wildman–Crippen LogP) is 4.21. The maximum atomic E-state index is 12.9. The van der Waals surface area contributed by atoms with Crippen molar-refractivity contribution in [2.45, 2.75) is 19.1 Å². The number of alkyl halides is 3. The highest BCUT2D eigenvalue weighted by atomic mass is 35.5. The first-order valence-corrected chi connectivity index (χ1v) is 8.16. The number of hydrogen-bond acceptors (Lipinski definition) is 4. The molecule has 0 unspecified atom stereocenters. The summed E-state index contributed by atoms with van der Waals surface area (Å²) in [5.74, 6) is -0.261. The van der Waals surface area contributed by atoms with E-state index in [1.807, 2.05) is 18.2 Å². The van der Waals surface area contributed by atoms with Gasteiger partial charge in [-0.15, -0.1) is 10.2 Å². The van der Waals surface area contributed by atoms with Crippen molar-refractivity contribution < 1.29 is 18.0 Å². The molecule has 0 aliphatic carbocycles. The Bertz CT molecular complexity index is 959. The molecule has 27 heavy (non-hydrogen) atoms. The number of benzene rings is 2. The summed E-state index contributed by atoms with van der Waals surface area (Å²) >= 11 is 5.57. The highest BCUT2D eigenvalue weighted by Gasteiger charge is 2.33. The summed E-state index contributed by atoms with van der Waals surface area (Å²) in [6.45, 7) is 1.51. The Kier molecular flexibility index (Phi) is 5.13. The van der Waals surface area contributed by atoms with Gasteiger partial charge in [-0.3, -0.25) is 4.79 Å². The topological polar surface area (TPSA) is 72.7 Å². The number of nitrogens with zero attached hydrogens (tertiary/aromatic N) is 4. The summed E-state index contributed by atoms with van der Waals surface area (Å²) in [7, 11) is 0. The quantitative estimate of drug-likeness (QED) is 0.718. The Morgan fingerprint density at radius 2 is 1.89 bits per heavy atom. The van der Waals surface area contributed by atoms with E-state index in [0.29, 0.717) is 5.82 Å². The zero-order valence-corrected chi connectivity index (χ0v) is 14.7. The molecular weight excluding hydrogens is 383 g/mol. The number of hydrogen-bond donors (Lipinski definition) is 1. The lowest BCUT2D eigenvalue weighted by Crippen LogP contribution is -2.25. The van der Waals surface area contributed by atoms with Crippen LogP contribution < -0.4 is 5.32 Å². The number of tetrazole rings is 1. The van der Waals surface area contributed by atoms with Crippen molar-refractivity contribution in [2.75, 3.05) is 5.32 Å². The third-order valence-corrected chi connectivity index (χ3v) is 4.05. The van der Waals surface area contributed by atoms with Gasteiger partial charge in [0, 0.05) is 11.3 Å². The average molecular weight is 396 g/mol. The van der Waals surface area contributed by atoms with Gasteiger partial charge in [0.15, 0.2) is 0 Å². The zero-order valence-electron chi connectivity index (χ0n) is 13.9. The van der Waals surface area contributed by atoms with Crippen LogP contribution in [0.4, 0.5) is 18.9 Å². The fourth-order valence-electron chi connectivity index (χ4n) is 2.26. The fourth-order valence-corrected chi connectivity index (χ4v) is 2.49. The van der Waals surface area contributed by atoms with Crippen LogP contribution in [-0.2, 0) is 11.0 Å². The van der Waals surface area contributed by atoms with E-state index < -0.39 is 28.7 Å². The molecule has 1 aromatic heterocycles. The molecular formula is C17H13ClF3N5O. The molecule has 3 aromatic rings. The van der Waals surface area contributed by atoms with Crippen molar-refractivity contribution in [2.24, 2.45) is 0 Å². The Balaban J connectivity index is 1.76.